The molecule has 0 bridgehead atoms. The molecule has 2 aromatic carbocycles. The van der Waals surface area contributed by atoms with E-state index in [0.29, 0.717) is 47.7 Å². The summed E-state index contributed by atoms with van der Waals surface area (Å²) in [4.78, 5) is 17.8. The van der Waals surface area contributed by atoms with E-state index in [1.54, 1.807) is 30.3 Å². The van der Waals surface area contributed by atoms with Gasteiger partial charge in [-0.05, 0) is 17.2 Å². The average Bonchev–Trinajstić information content (AvgIpc) is 3.21. The summed E-state index contributed by atoms with van der Waals surface area (Å²) in [5, 5.41) is 0. The number of imidazole rings is 1. The highest BCUT2D eigenvalue weighted by atomic mass is 19.1. The van der Waals surface area contributed by atoms with Gasteiger partial charge in [-0.1, -0.05) is 42.5 Å². The summed E-state index contributed by atoms with van der Waals surface area (Å²) in [5.41, 5.74) is 4.83. The third kappa shape index (κ3) is 4.56. The molecule has 3 heterocycles. The third-order valence-corrected chi connectivity index (χ3v) is 6.41. The van der Waals surface area contributed by atoms with E-state index in [0.717, 1.165) is 17.0 Å². The molecule has 0 fully saturated rings. The fourth-order valence-corrected chi connectivity index (χ4v) is 4.55. The number of ether oxygens (including phenoxy) is 2. The zero-order chi connectivity index (χ0) is 25.4. The molecular weight excluding hydrogens is 464 g/mol. The zero-order valence-corrected chi connectivity index (χ0v) is 20.4. The molecule has 2 atom stereocenters. The quantitative estimate of drug-likeness (QED) is 0.359. The van der Waals surface area contributed by atoms with E-state index < -0.39 is 12.5 Å². The molecule has 0 saturated heterocycles. The van der Waals surface area contributed by atoms with Crippen LogP contribution in [0.5, 0.6) is 5.75 Å². The van der Waals surface area contributed by atoms with E-state index in [1.165, 1.54) is 19.9 Å². The predicted molar refractivity (Wildman–Crippen MR) is 132 cm³/mol. The van der Waals surface area contributed by atoms with Crippen molar-refractivity contribution in [1.29, 1.82) is 0 Å². The number of carbonyl (C=O) groups is 1. The lowest BCUT2D eigenvalue weighted by Crippen LogP contribution is -2.22. The first-order valence-corrected chi connectivity index (χ1v) is 11.8. The predicted octanol–water partition coefficient (Wildman–Crippen LogP) is 5.48. The second-order valence-corrected chi connectivity index (χ2v) is 8.98. The van der Waals surface area contributed by atoms with Crippen LogP contribution >= 0.6 is 0 Å². The molecule has 0 aliphatic carbocycles. The van der Waals surface area contributed by atoms with E-state index in [2.05, 4.69) is 4.98 Å². The maximum Gasteiger partial charge on any atom is 0.235 e. The van der Waals surface area contributed by atoms with Crippen molar-refractivity contribution in [3.05, 3.63) is 89.1 Å². The van der Waals surface area contributed by atoms with Crippen molar-refractivity contribution in [2.75, 3.05) is 13.7 Å². The van der Waals surface area contributed by atoms with Crippen molar-refractivity contribution >= 4 is 11.6 Å². The number of fused-ring (bicyclic) bond motifs is 3. The standard InChI is InChI=1S/C28H27F2N3O3/c1-17(29)36-25-7-5-4-6-21(25)28-27-24(12-13-35-28)31-26-14-23(30)22(16-33(26)27)20-10-8-19(9-11-20)15-32(3)18(2)34/h4-11,14,16-17,28H,12-13,15H2,1-3H3/t17?,28-/m1/s1. The summed E-state index contributed by atoms with van der Waals surface area (Å²) >= 11 is 0. The Morgan fingerprint density at radius 2 is 2.00 bits per heavy atom. The highest BCUT2D eigenvalue weighted by Gasteiger charge is 2.30. The Morgan fingerprint density at radius 1 is 1.25 bits per heavy atom. The van der Waals surface area contributed by atoms with Gasteiger partial charge in [-0.15, -0.1) is 0 Å². The summed E-state index contributed by atoms with van der Waals surface area (Å²) < 4.78 is 42.3. The first kappa shape index (κ1) is 23.9. The largest absolute Gasteiger partial charge is 0.460 e. The maximum absolute atomic E-state index is 15.2. The maximum atomic E-state index is 15.2. The second-order valence-electron chi connectivity index (χ2n) is 8.98. The van der Waals surface area contributed by atoms with E-state index in [-0.39, 0.29) is 11.7 Å². The lowest BCUT2D eigenvalue weighted by Gasteiger charge is -2.26. The van der Waals surface area contributed by atoms with Crippen LogP contribution in [0.25, 0.3) is 16.8 Å². The zero-order valence-electron chi connectivity index (χ0n) is 20.4. The van der Waals surface area contributed by atoms with E-state index >= 15 is 4.39 Å². The van der Waals surface area contributed by atoms with Crippen LogP contribution in [-0.2, 0) is 22.5 Å². The number of alkyl halides is 1. The molecule has 5 rings (SSSR count). The van der Waals surface area contributed by atoms with Crippen LogP contribution in [0.1, 0.15) is 42.5 Å². The molecule has 0 N–H and O–H groups in total. The Morgan fingerprint density at radius 3 is 2.72 bits per heavy atom. The summed E-state index contributed by atoms with van der Waals surface area (Å²) in [6.07, 6.45) is 0.304. The lowest BCUT2D eigenvalue weighted by atomic mass is 10.0. The van der Waals surface area contributed by atoms with Crippen molar-refractivity contribution in [3.8, 4) is 16.9 Å². The second kappa shape index (κ2) is 9.70. The number of halogens is 2. The molecule has 1 aliphatic heterocycles. The number of amides is 1. The first-order chi connectivity index (χ1) is 17.3. The minimum Gasteiger partial charge on any atom is -0.460 e. The van der Waals surface area contributed by atoms with Crippen LogP contribution in [0.4, 0.5) is 8.78 Å². The van der Waals surface area contributed by atoms with Gasteiger partial charge in [-0.25, -0.2) is 13.8 Å². The molecule has 1 aliphatic rings. The monoisotopic (exact) mass is 491 g/mol. The number of carbonyl (C=O) groups excluding carboxylic acids is 1. The van der Waals surface area contributed by atoms with E-state index in [9.17, 15) is 9.18 Å². The molecule has 6 nitrogen and oxygen atoms in total. The summed E-state index contributed by atoms with van der Waals surface area (Å²) in [5.74, 6) is -0.00941. The van der Waals surface area contributed by atoms with Gasteiger partial charge in [0.2, 0.25) is 12.3 Å². The van der Waals surface area contributed by atoms with Crippen LogP contribution in [0.15, 0.2) is 60.8 Å². The molecule has 8 heteroatoms. The van der Waals surface area contributed by atoms with Gasteiger partial charge in [-0.3, -0.25) is 9.20 Å². The van der Waals surface area contributed by atoms with Crippen molar-refractivity contribution in [2.45, 2.75) is 39.3 Å². The van der Waals surface area contributed by atoms with Crippen LogP contribution in [0.3, 0.4) is 0 Å². The Hall–Kier alpha value is -3.78. The number of hydrogen-bond acceptors (Lipinski definition) is 4. The average molecular weight is 492 g/mol. The minimum absolute atomic E-state index is 0.0230. The summed E-state index contributed by atoms with van der Waals surface area (Å²) in [7, 11) is 1.74. The van der Waals surface area contributed by atoms with Crippen LogP contribution in [0.2, 0.25) is 0 Å². The molecule has 4 aromatic rings. The van der Waals surface area contributed by atoms with Gasteiger partial charge in [0.25, 0.3) is 0 Å². The van der Waals surface area contributed by atoms with Crippen LogP contribution in [0, 0.1) is 5.82 Å². The SMILES string of the molecule is CC(=O)N(C)Cc1ccc(-c2cn3c4c(nc3cc2F)CCO[C@@H]4c2ccccc2OC(C)F)cc1. The minimum atomic E-state index is -1.48. The highest BCUT2D eigenvalue weighted by Crippen LogP contribution is 2.39. The van der Waals surface area contributed by atoms with Crippen molar-refractivity contribution in [2.24, 2.45) is 0 Å². The Balaban J connectivity index is 1.56. The molecule has 1 unspecified atom stereocenters. The Labute approximate surface area is 208 Å². The number of rotatable bonds is 6. The number of nitrogens with zero attached hydrogens (tertiary/aromatic N) is 3. The number of benzene rings is 2. The van der Waals surface area contributed by atoms with Gasteiger partial charge >= 0.3 is 0 Å². The highest BCUT2D eigenvalue weighted by molar-refractivity contribution is 5.73. The van der Waals surface area contributed by atoms with Gasteiger partial charge in [0, 0.05) is 57.3 Å². The first-order valence-electron chi connectivity index (χ1n) is 11.8. The van der Waals surface area contributed by atoms with E-state index in [1.807, 2.05) is 40.8 Å². The molecule has 1 amide bonds. The summed E-state index contributed by atoms with van der Waals surface area (Å²) in [6, 6.07) is 16.1. The number of hydrogen-bond donors (Lipinski definition) is 0. The Bertz CT molecular complexity index is 1420. The fourth-order valence-electron chi connectivity index (χ4n) is 4.55. The van der Waals surface area contributed by atoms with Crippen LogP contribution in [-0.4, -0.2) is 40.2 Å². The Kier molecular flexibility index (Phi) is 6.45. The molecule has 0 spiro atoms. The fraction of sp³-hybridized carbons (Fsp3) is 0.286. The normalized spacial score (nSPS) is 16.0. The van der Waals surface area contributed by atoms with Gasteiger partial charge in [0.05, 0.1) is 18.0 Å². The number of pyridine rings is 1. The number of para-hydroxylation sites is 1. The molecule has 186 valence electrons. The van der Waals surface area contributed by atoms with Gasteiger partial charge in [0.1, 0.15) is 23.3 Å². The van der Waals surface area contributed by atoms with Gasteiger partial charge < -0.3 is 14.4 Å². The van der Waals surface area contributed by atoms with Gasteiger partial charge in [-0.2, -0.15) is 0 Å². The van der Waals surface area contributed by atoms with Gasteiger partial charge in [0.15, 0.2) is 0 Å². The van der Waals surface area contributed by atoms with Crippen molar-refractivity contribution < 1.29 is 23.0 Å². The van der Waals surface area contributed by atoms with Crippen molar-refractivity contribution in [1.82, 2.24) is 14.3 Å². The number of aromatic nitrogens is 2. The molecule has 2 aromatic heterocycles. The van der Waals surface area contributed by atoms with E-state index in [4.69, 9.17) is 9.47 Å². The summed E-state index contributed by atoms with van der Waals surface area (Å²) in [6.45, 7) is 3.76. The lowest BCUT2D eigenvalue weighted by molar-refractivity contribution is -0.128. The topological polar surface area (TPSA) is 56.1 Å². The van der Waals surface area contributed by atoms with Crippen molar-refractivity contribution in [3.63, 3.8) is 0 Å². The van der Waals surface area contributed by atoms with Crippen LogP contribution < -0.4 is 4.74 Å². The molecular formula is C28H27F2N3O3. The molecule has 36 heavy (non-hydrogen) atoms. The third-order valence-electron chi connectivity index (χ3n) is 6.41. The molecule has 0 saturated carbocycles. The smallest absolute Gasteiger partial charge is 0.235 e. The molecule has 0 radical (unpaired) electrons.